The van der Waals surface area contributed by atoms with Crippen LogP contribution >= 0.6 is 11.3 Å². The van der Waals surface area contributed by atoms with E-state index in [-0.39, 0.29) is 0 Å². The fraction of sp³-hybridized carbons (Fsp3) is 0.308. The summed E-state index contributed by atoms with van der Waals surface area (Å²) in [7, 11) is 0. The van der Waals surface area contributed by atoms with E-state index < -0.39 is 0 Å². The first-order valence-electron chi connectivity index (χ1n) is 5.64. The Hall–Kier alpha value is -1.39. The molecule has 17 heavy (non-hydrogen) atoms. The van der Waals surface area contributed by atoms with Gasteiger partial charge in [-0.05, 0) is 25.0 Å². The second kappa shape index (κ2) is 5.29. The van der Waals surface area contributed by atoms with Gasteiger partial charge in [-0.1, -0.05) is 23.8 Å². The molecule has 90 valence electrons. The first-order valence-corrected chi connectivity index (χ1v) is 6.45. The molecule has 1 aromatic heterocycles. The number of aromatic nitrogens is 1. The molecular weight excluding hydrogens is 230 g/mol. The molecule has 3 nitrogen and oxygen atoms in total. The molecule has 0 saturated carbocycles. The summed E-state index contributed by atoms with van der Waals surface area (Å²) in [5.74, 6) is 0. The molecule has 2 rings (SSSR count). The fourth-order valence-electron chi connectivity index (χ4n) is 1.70. The van der Waals surface area contributed by atoms with E-state index in [1.54, 1.807) is 11.3 Å². The zero-order valence-corrected chi connectivity index (χ0v) is 11.0. The van der Waals surface area contributed by atoms with Crippen LogP contribution in [0, 0.1) is 13.8 Å². The van der Waals surface area contributed by atoms with E-state index in [4.69, 9.17) is 5.73 Å². The van der Waals surface area contributed by atoms with Crippen LogP contribution in [0.2, 0.25) is 0 Å². The van der Waals surface area contributed by atoms with E-state index in [0.29, 0.717) is 6.54 Å². The van der Waals surface area contributed by atoms with Crippen LogP contribution in [0.3, 0.4) is 0 Å². The number of thiazole rings is 1. The Bertz CT molecular complexity index is 505. The van der Waals surface area contributed by atoms with Crippen molar-refractivity contribution in [3.8, 4) is 0 Å². The number of benzene rings is 1. The molecule has 0 bridgehead atoms. The lowest BCUT2D eigenvalue weighted by Gasteiger charge is -2.07. The van der Waals surface area contributed by atoms with Crippen molar-refractivity contribution >= 4 is 16.5 Å². The molecule has 0 aliphatic rings. The minimum Gasteiger partial charge on any atom is -0.357 e. The third-order valence-electron chi connectivity index (χ3n) is 2.68. The van der Waals surface area contributed by atoms with Crippen molar-refractivity contribution < 1.29 is 0 Å². The van der Waals surface area contributed by atoms with Crippen molar-refractivity contribution in [1.82, 2.24) is 4.98 Å². The summed E-state index contributed by atoms with van der Waals surface area (Å²) in [6.45, 7) is 5.61. The van der Waals surface area contributed by atoms with Gasteiger partial charge in [0, 0.05) is 24.2 Å². The van der Waals surface area contributed by atoms with E-state index >= 15 is 0 Å². The highest BCUT2D eigenvalue weighted by Gasteiger charge is 2.02. The van der Waals surface area contributed by atoms with Crippen molar-refractivity contribution in [2.24, 2.45) is 5.73 Å². The van der Waals surface area contributed by atoms with Crippen LogP contribution in [0.5, 0.6) is 0 Å². The quantitative estimate of drug-likeness (QED) is 0.873. The lowest BCUT2D eigenvalue weighted by Crippen LogP contribution is -2.00. The van der Waals surface area contributed by atoms with Gasteiger partial charge in [-0.2, -0.15) is 0 Å². The fourth-order valence-corrected chi connectivity index (χ4v) is 2.39. The van der Waals surface area contributed by atoms with Crippen molar-refractivity contribution in [2.45, 2.75) is 26.9 Å². The summed E-state index contributed by atoms with van der Waals surface area (Å²) in [5.41, 5.74) is 9.47. The summed E-state index contributed by atoms with van der Waals surface area (Å²) in [6, 6.07) is 6.50. The van der Waals surface area contributed by atoms with Crippen LogP contribution in [0.1, 0.15) is 21.6 Å². The van der Waals surface area contributed by atoms with Crippen molar-refractivity contribution in [2.75, 3.05) is 5.32 Å². The molecule has 0 aliphatic carbocycles. The molecule has 0 fully saturated rings. The SMILES string of the molecule is Cc1ccc(CNc2ncc(CN)s2)c(C)c1. The average molecular weight is 247 g/mol. The first-order chi connectivity index (χ1) is 8.19. The van der Waals surface area contributed by atoms with E-state index in [1.807, 2.05) is 6.20 Å². The van der Waals surface area contributed by atoms with Crippen LogP contribution in [0.25, 0.3) is 0 Å². The summed E-state index contributed by atoms with van der Waals surface area (Å²) >= 11 is 1.61. The lowest BCUT2D eigenvalue weighted by atomic mass is 10.1. The Labute approximate surface area is 106 Å². The van der Waals surface area contributed by atoms with Crippen molar-refractivity contribution in [3.05, 3.63) is 46.0 Å². The number of hydrogen-bond acceptors (Lipinski definition) is 4. The normalized spacial score (nSPS) is 10.5. The molecule has 4 heteroatoms. The number of aryl methyl sites for hydroxylation is 2. The highest BCUT2D eigenvalue weighted by atomic mass is 32.1. The minimum atomic E-state index is 0.558. The van der Waals surface area contributed by atoms with Gasteiger partial charge in [0.1, 0.15) is 0 Å². The largest absolute Gasteiger partial charge is 0.357 e. The number of nitrogens with zero attached hydrogens (tertiary/aromatic N) is 1. The third kappa shape index (κ3) is 3.05. The highest BCUT2D eigenvalue weighted by molar-refractivity contribution is 7.15. The minimum absolute atomic E-state index is 0.558. The van der Waals surface area contributed by atoms with E-state index in [9.17, 15) is 0 Å². The number of rotatable bonds is 4. The van der Waals surface area contributed by atoms with Gasteiger partial charge in [-0.15, -0.1) is 11.3 Å². The van der Waals surface area contributed by atoms with E-state index in [1.165, 1.54) is 16.7 Å². The number of nitrogens with one attached hydrogen (secondary N) is 1. The van der Waals surface area contributed by atoms with Crippen LogP contribution in [0.4, 0.5) is 5.13 Å². The zero-order chi connectivity index (χ0) is 12.3. The monoisotopic (exact) mass is 247 g/mol. The first kappa shape index (κ1) is 12.1. The van der Waals surface area contributed by atoms with Gasteiger partial charge in [-0.3, -0.25) is 0 Å². The van der Waals surface area contributed by atoms with Crippen molar-refractivity contribution in [1.29, 1.82) is 0 Å². The molecule has 3 N–H and O–H groups in total. The van der Waals surface area contributed by atoms with Gasteiger partial charge in [-0.25, -0.2) is 4.98 Å². The topological polar surface area (TPSA) is 50.9 Å². The average Bonchev–Trinajstić information content (AvgIpc) is 2.76. The van der Waals surface area contributed by atoms with Crippen LogP contribution in [-0.2, 0) is 13.1 Å². The van der Waals surface area contributed by atoms with Crippen LogP contribution in [0.15, 0.2) is 24.4 Å². The van der Waals surface area contributed by atoms with Gasteiger partial charge >= 0.3 is 0 Å². The number of nitrogens with two attached hydrogens (primary N) is 1. The van der Waals surface area contributed by atoms with E-state index in [0.717, 1.165) is 16.6 Å². The standard InChI is InChI=1S/C13H17N3S/c1-9-3-4-11(10(2)5-9)7-15-13-16-8-12(6-14)17-13/h3-5,8H,6-7,14H2,1-2H3,(H,15,16). The summed E-state index contributed by atoms with van der Waals surface area (Å²) in [4.78, 5) is 5.38. The van der Waals surface area contributed by atoms with Crippen molar-refractivity contribution in [3.63, 3.8) is 0 Å². The molecule has 0 atom stereocenters. The Kier molecular flexibility index (Phi) is 3.76. The molecule has 1 heterocycles. The Balaban J connectivity index is 2.02. The summed E-state index contributed by atoms with van der Waals surface area (Å²) in [5, 5.41) is 4.26. The maximum absolute atomic E-state index is 5.55. The Morgan fingerprint density at radius 1 is 1.35 bits per heavy atom. The Morgan fingerprint density at radius 3 is 2.82 bits per heavy atom. The molecule has 0 aliphatic heterocycles. The predicted molar refractivity (Wildman–Crippen MR) is 73.2 cm³/mol. The molecule has 0 radical (unpaired) electrons. The molecule has 0 amide bonds. The number of hydrogen-bond donors (Lipinski definition) is 2. The van der Waals surface area contributed by atoms with E-state index in [2.05, 4.69) is 42.3 Å². The second-order valence-corrected chi connectivity index (χ2v) is 5.23. The second-order valence-electron chi connectivity index (χ2n) is 4.12. The molecule has 0 spiro atoms. The lowest BCUT2D eigenvalue weighted by molar-refractivity contribution is 1.09. The van der Waals surface area contributed by atoms with Gasteiger partial charge < -0.3 is 11.1 Å². The third-order valence-corrected chi connectivity index (χ3v) is 3.66. The van der Waals surface area contributed by atoms with Gasteiger partial charge in [0.05, 0.1) is 0 Å². The zero-order valence-electron chi connectivity index (χ0n) is 10.2. The van der Waals surface area contributed by atoms with Gasteiger partial charge in [0.2, 0.25) is 0 Å². The maximum Gasteiger partial charge on any atom is 0.183 e. The van der Waals surface area contributed by atoms with Crippen LogP contribution < -0.4 is 11.1 Å². The molecule has 2 aromatic rings. The molecule has 0 unspecified atom stereocenters. The smallest absolute Gasteiger partial charge is 0.183 e. The highest BCUT2D eigenvalue weighted by Crippen LogP contribution is 2.19. The molecule has 1 aromatic carbocycles. The maximum atomic E-state index is 5.55. The molecule has 0 saturated heterocycles. The van der Waals surface area contributed by atoms with Gasteiger partial charge in [0.15, 0.2) is 5.13 Å². The Morgan fingerprint density at radius 2 is 2.18 bits per heavy atom. The summed E-state index contributed by atoms with van der Waals surface area (Å²) in [6.07, 6.45) is 1.83. The van der Waals surface area contributed by atoms with Gasteiger partial charge in [0.25, 0.3) is 0 Å². The van der Waals surface area contributed by atoms with Crippen LogP contribution in [-0.4, -0.2) is 4.98 Å². The number of anilines is 1. The summed E-state index contributed by atoms with van der Waals surface area (Å²) < 4.78 is 0. The predicted octanol–water partition coefficient (Wildman–Crippen LogP) is 2.83. The molecular formula is C13H17N3S.